The molecular weight excluding hydrogens is 152 g/mol. The van der Waals surface area contributed by atoms with E-state index >= 15 is 0 Å². The molecule has 12 heavy (non-hydrogen) atoms. The zero-order chi connectivity index (χ0) is 8.55. The highest BCUT2D eigenvalue weighted by Gasteiger charge is 1.97. The summed E-state index contributed by atoms with van der Waals surface area (Å²) < 4.78 is 0. The molecule has 0 spiro atoms. The summed E-state index contributed by atoms with van der Waals surface area (Å²) in [5.41, 5.74) is 1.24. The van der Waals surface area contributed by atoms with E-state index in [0.717, 1.165) is 11.1 Å². The maximum absolute atomic E-state index is 11.2. The van der Waals surface area contributed by atoms with Gasteiger partial charge in [-0.3, -0.25) is 4.79 Å². The maximum atomic E-state index is 11.2. The van der Waals surface area contributed by atoms with Crippen LogP contribution in [0.15, 0.2) is 29.2 Å². The first-order valence-corrected chi connectivity index (χ1v) is 3.72. The predicted molar refractivity (Wildman–Crippen MR) is 47.1 cm³/mol. The Kier molecular flexibility index (Phi) is 1.43. The van der Waals surface area contributed by atoms with Gasteiger partial charge in [-0.1, -0.05) is 6.07 Å². The van der Waals surface area contributed by atoms with Crippen LogP contribution in [0.2, 0.25) is 0 Å². The summed E-state index contributed by atoms with van der Waals surface area (Å²) >= 11 is 0. The number of rotatable bonds is 0. The molecule has 2 aromatic heterocycles. The molecule has 0 saturated carbocycles. The fourth-order valence-corrected chi connectivity index (χ4v) is 1.16. The molecule has 2 rings (SSSR count). The minimum absolute atomic E-state index is 0.129. The van der Waals surface area contributed by atoms with E-state index in [1.54, 1.807) is 6.20 Å². The number of nitrogens with one attached hydrogen (secondary N) is 1. The third kappa shape index (κ3) is 0.993. The van der Waals surface area contributed by atoms with Gasteiger partial charge in [-0.2, -0.15) is 0 Å². The second-order valence-electron chi connectivity index (χ2n) is 2.70. The Balaban J connectivity index is 2.98. The minimum Gasteiger partial charge on any atom is -0.327 e. The number of aromatic amines is 1. The van der Waals surface area contributed by atoms with Gasteiger partial charge in [0.05, 0.1) is 0 Å². The Morgan fingerprint density at radius 2 is 2.17 bits per heavy atom. The normalized spacial score (nSPS) is 10.4. The Bertz CT molecular complexity index is 473. The minimum atomic E-state index is -0.129. The molecule has 3 heteroatoms. The molecule has 1 N–H and O–H groups in total. The summed E-state index contributed by atoms with van der Waals surface area (Å²) in [7, 11) is 0. The number of nitrogens with zero attached hydrogens (tertiary/aromatic N) is 1. The molecule has 2 aromatic rings. The standard InChI is InChI=1S/C9H8N2O/c1-6-2-3-7-4-5-10-9(12)8(7)11-6/h2-5H,1H3,(H,10,12). The molecule has 0 saturated heterocycles. The van der Waals surface area contributed by atoms with Crippen molar-refractivity contribution in [3.05, 3.63) is 40.4 Å². The van der Waals surface area contributed by atoms with E-state index < -0.39 is 0 Å². The third-order valence-corrected chi connectivity index (χ3v) is 1.76. The van der Waals surface area contributed by atoms with E-state index in [9.17, 15) is 4.79 Å². The Morgan fingerprint density at radius 3 is 3.00 bits per heavy atom. The van der Waals surface area contributed by atoms with Gasteiger partial charge in [0.1, 0.15) is 5.52 Å². The molecule has 0 atom stereocenters. The van der Waals surface area contributed by atoms with Crippen LogP contribution in [0.1, 0.15) is 5.69 Å². The zero-order valence-corrected chi connectivity index (χ0v) is 6.66. The topological polar surface area (TPSA) is 45.8 Å². The van der Waals surface area contributed by atoms with Gasteiger partial charge >= 0.3 is 0 Å². The number of hydrogen-bond donors (Lipinski definition) is 1. The lowest BCUT2D eigenvalue weighted by Crippen LogP contribution is -2.06. The van der Waals surface area contributed by atoms with Gasteiger partial charge in [0, 0.05) is 17.3 Å². The highest BCUT2D eigenvalue weighted by molar-refractivity contribution is 5.77. The van der Waals surface area contributed by atoms with Crippen molar-refractivity contribution in [3.63, 3.8) is 0 Å². The number of hydrogen-bond acceptors (Lipinski definition) is 2. The fourth-order valence-electron chi connectivity index (χ4n) is 1.16. The van der Waals surface area contributed by atoms with Gasteiger partial charge in [-0.05, 0) is 19.1 Å². The second-order valence-corrected chi connectivity index (χ2v) is 2.70. The summed E-state index contributed by atoms with van der Waals surface area (Å²) in [6, 6.07) is 5.62. The Hall–Kier alpha value is -1.64. The molecule has 0 aromatic carbocycles. The SMILES string of the molecule is Cc1ccc2cc[nH]c(=O)c2n1. The summed E-state index contributed by atoms with van der Waals surface area (Å²) in [6.07, 6.45) is 1.63. The lowest BCUT2D eigenvalue weighted by atomic mass is 10.2. The first-order valence-electron chi connectivity index (χ1n) is 3.72. The van der Waals surface area contributed by atoms with Gasteiger partial charge in [-0.25, -0.2) is 4.98 Å². The largest absolute Gasteiger partial charge is 0.327 e. The molecular formula is C9H8N2O. The van der Waals surface area contributed by atoms with Gasteiger partial charge in [0.2, 0.25) is 0 Å². The first-order chi connectivity index (χ1) is 5.77. The lowest BCUT2D eigenvalue weighted by molar-refractivity contribution is 1.19. The van der Waals surface area contributed by atoms with E-state index in [-0.39, 0.29) is 5.56 Å². The van der Waals surface area contributed by atoms with E-state index in [2.05, 4.69) is 9.97 Å². The van der Waals surface area contributed by atoms with Crippen molar-refractivity contribution in [2.75, 3.05) is 0 Å². The van der Waals surface area contributed by atoms with Crippen molar-refractivity contribution in [2.24, 2.45) is 0 Å². The highest BCUT2D eigenvalue weighted by atomic mass is 16.1. The van der Waals surface area contributed by atoms with Crippen LogP contribution in [0.4, 0.5) is 0 Å². The van der Waals surface area contributed by atoms with E-state index in [1.807, 2.05) is 25.1 Å². The average Bonchev–Trinajstić information content (AvgIpc) is 2.07. The number of aryl methyl sites for hydroxylation is 1. The monoisotopic (exact) mass is 160 g/mol. The molecule has 0 aliphatic heterocycles. The van der Waals surface area contributed by atoms with Crippen molar-refractivity contribution < 1.29 is 0 Å². The summed E-state index contributed by atoms with van der Waals surface area (Å²) in [4.78, 5) is 17.9. The van der Waals surface area contributed by atoms with Crippen molar-refractivity contribution >= 4 is 10.9 Å². The number of fused-ring (bicyclic) bond motifs is 1. The maximum Gasteiger partial charge on any atom is 0.274 e. The Morgan fingerprint density at radius 1 is 1.33 bits per heavy atom. The smallest absolute Gasteiger partial charge is 0.274 e. The third-order valence-electron chi connectivity index (χ3n) is 1.76. The fraction of sp³-hybridized carbons (Fsp3) is 0.111. The summed E-state index contributed by atoms with van der Waals surface area (Å²) in [5, 5.41) is 0.879. The van der Waals surface area contributed by atoms with Crippen LogP contribution < -0.4 is 5.56 Å². The van der Waals surface area contributed by atoms with Crippen molar-refractivity contribution in [2.45, 2.75) is 6.92 Å². The molecule has 0 bridgehead atoms. The van der Waals surface area contributed by atoms with Crippen LogP contribution in [0.3, 0.4) is 0 Å². The average molecular weight is 160 g/mol. The molecule has 60 valence electrons. The van der Waals surface area contributed by atoms with Gasteiger partial charge < -0.3 is 4.98 Å². The van der Waals surface area contributed by atoms with Crippen LogP contribution in [0.25, 0.3) is 10.9 Å². The van der Waals surface area contributed by atoms with Crippen LogP contribution in [0.5, 0.6) is 0 Å². The van der Waals surface area contributed by atoms with Gasteiger partial charge in [0.25, 0.3) is 5.56 Å². The van der Waals surface area contributed by atoms with E-state index in [1.165, 1.54) is 0 Å². The number of pyridine rings is 2. The predicted octanol–water partition coefficient (Wildman–Crippen LogP) is 1.23. The first kappa shape index (κ1) is 7.03. The number of aromatic nitrogens is 2. The molecule has 0 radical (unpaired) electrons. The lowest BCUT2D eigenvalue weighted by Gasteiger charge is -1.95. The highest BCUT2D eigenvalue weighted by Crippen LogP contribution is 2.05. The molecule has 0 unspecified atom stereocenters. The van der Waals surface area contributed by atoms with Gasteiger partial charge in [-0.15, -0.1) is 0 Å². The zero-order valence-electron chi connectivity index (χ0n) is 6.66. The van der Waals surface area contributed by atoms with E-state index in [4.69, 9.17) is 0 Å². The molecule has 0 aliphatic rings. The summed E-state index contributed by atoms with van der Waals surface area (Å²) in [5.74, 6) is 0. The van der Waals surface area contributed by atoms with Crippen LogP contribution in [-0.2, 0) is 0 Å². The molecule has 0 aliphatic carbocycles. The van der Waals surface area contributed by atoms with Crippen molar-refractivity contribution in [1.29, 1.82) is 0 Å². The Labute approximate surface area is 69.1 Å². The van der Waals surface area contributed by atoms with Crippen LogP contribution in [-0.4, -0.2) is 9.97 Å². The van der Waals surface area contributed by atoms with Gasteiger partial charge in [0.15, 0.2) is 0 Å². The summed E-state index contributed by atoms with van der Waals surface area (Å²) in [6.45, 7) is 1.87. The molecule has 2 heterocycles. The van der Waals surface area contributed by atoms with Crippen LogP contribution >= 0.6 is 0 Å². The van der Waals surface area contributed by atoms with Crippen LogP contribution in [0, 0.1) is 6.92 Å². The molecule has 0 fully saturated rings. The van der Waals surface area contributed by atoms with Crippen molar-refractivity contribution in [3.8, 4) is 0 Å². The number of H-pyrrole nitrogens is 1. The second kappa shape index (κ2) is 2.44. The molecule has 3 nitrogen and oxygen atoms in total. The van der Waals surface area contributed by atoms with Crippen molar-refractivity contribution in [1.82, 2.24) is 9.97 Å². The quantitative estimate of drug-likeness (QED) is 0.630. The molecule has 0 amide bonds. The van der Waals surface area contributed by atoms with E-state index in [0.29, 0.717) is 5.52 Å².